The average molecular weight is 275 g/mol. The summed E-state index contributed by atoms with van der Waals surface area (Å²) in [6, 6.07) is 6.91. The fourth-order valence-electron chi connectivity index (χ4n) is 2.21. The van der Waals surface area contributed by atoms with Crippen LogP contribution in [0.2, 0.25) is 0 Å². The molecule has 2 aromatic rings. The van der Waals surface area contributed by atoms with E-state index in [2.05, 4.69) is 11.9 Å². The number of benzene rings is 1. The number of unbranched alkanes of at least 4 members (excludes halogenated alkanes) is 1. The summed E-state index contributed by atoms with van der Waals surface area (Å²) in [7, 11) is 0. The van der Waals surface area contributed by atoms with Crippen molar-refractivity contribution < 1.29 is 9.84 Å². The number of aliphatic hydroxyl groups is 1. The van der Waals surface area contributed by atoms with Gasteiger partial charge in [0.25, 0.3) is 0 Å². The largest absolute Gasteiger partial charge is 0.491 e. The van der Waals surface area contributed by atoms with Crippen LogP contribution in [0.25, 0.3) is 10.9 Å². The Morgan fingerprint density at radius 3 is 2.75 bits per heavy atom. The minimum absolute atomic E-state index is 0.166. The Kier molecular flexibility index (Phi) is 4.79. The first-order chi connectivity index (χ1) is 9.67. The molecule has 0 aliphatic rings. The molecule has 4 nitrogen and oxygen atoms in total. The molecule has 0 fully saturated rings. The van der Waals surface area contributed by atoms with Crippen molar-refractivity contribution >= 4 is 10.9 Å². The van der Waals surface area contributed by atoms with Gasteiger partial charge < -0.3 is 14.8 Å². The minimum atomic E-state index is -0.534. The second-order valence-corrected chi connectivity index (χ2v) is 4.89. The van der Waals surface area contributed by atoms with Crippen LogP contribution in [0.15, 0.2) is 29.1 Å². The van der Waals surface area contributed by atoms with Crippen LogP contribution in [0.1, 0.15) is 44.8 Å². The molecule has 108 valence electrons. The van der Waals surface area contributed by atoms with Gasteiger partial charge in [0.2, 0.25) is 5.56 Å². The molecule has 2 N–H and O–H groups in total. The standard InChI is InChI=1S/C16H21NO3/c1-3-5-10-20-14-8-6-11(13(18)4-2)12-7-9-15(19)17-16(12)14/h6-9,13,18H,3-5,10H2,1-2H3,(H,17,19)/t13-/m0/s1. The predicted molar refractivity (Wildman–Crippen MR) is 80.2 cm³/mol. The molecule has 0 bridgehead atoms. The van der Waals surface area contributed by atoms with Crippen molar-refractivity contribution in [2.75, 3.05) is 6.61 Å². The number of pyridine rings is 1. The molecular weight excluding hydrogens is 254 g/mol. The smallest absolute Gasteiger partial charge is 0.248 e. The molecule has 2 rings (SSSR count). The lowest BCUT2D eigenvalue weighted by molar-refractivity contribution is 0.175. The second kappa shape index (κ2) is 6.57. The van der Waals surface area contributed by atoms with E-state index in [0.29, 0.717) is 24.3 Å². The summed E-state index contributed by atoms with van der Waals surface area (Å²) in [5.74, 6) is 0.665. The van der Waals surface area contributed by atoms with E-state index in [1.54, 1.807) is 6.07 Å². The molecule has 0 radical (unpaired) electrons. The van der Waals surface area contributed by atoms with Gasteiger partial charge in [0.05, 0.1) is 18.2 Å². The van der Waals surface area contributed by atoms with Crippen LogP contribution in [-0.4, -0.2) is 16.7 Å². The fraction of sp³-hybridized carbons (Fsp3) is 0.438. The minimum Gasteiger partial charge on any atom is -0.491 e. The highest BCUT2D eigenvalue weighted by molar-refractivity contribution is 5.87. The van der Waals surface area contributed by atoms with Gasteiger partial charge in [0.15, 0.2) is 0 Å². The van der Waals surface area contributed by atoms with Gasteiger partial charge in [-0.3, -0.25) is 4.79 Å². The summed E-state index contributed by atoms with van der Waals surface area (Å²) in [6.45, 7) is 4.65. The van der Waals surface area contributed by atoms with Gasteiger partial charge in [-0.25, -0.2) is 0 Å². The highest BCUT2D eigenvalue weighted by Crippen LogP contribution is 2.30. The number of aliphatic hydroxyl groups excluding tert-OH is 1. The molecule has 4 heteroatoms. The molecule has 0 saturated carbocycles. The van der Waals surface area contributed by atoms with Crippen LogP contribution in [0.3, 0.4) is 0 Å². The number of hydrogen-bond acceptors (Lipinski definition) is 3. The van der Waals surface area contributed by atoms with Crippen LogP contribution in [-0.2, 0) is 0 Å². The zero-order chi connectivity index (χ0) is 14.5. The van der Waals surface area contributed by atoms with Crippen molar-refractivity contribution in [2.24, 2.45) is 0 Å². The summed E-state index contributed by atoms with van der Waals surface area (Å²) in [5.41, 5.74) is 1.32. The van der Waals surface area contributed by atoms with Gasteiger partial charge in [0.1, 0.15) is 5.75 Å². The summed E-state index contributed by atoms with van der Waals surface area (Å²) >= 11 is 0. The molecule has 20 heavy (non-hydrogen) atoms. The van der Waals surface area contributed by atoms with Gasteiger partial charge in [-0.1, -0.05) is 26.3 Å². The number of hydrogen-bond donors (Lipinski definition) is 2. The lowest BCUT2D eigenvalue weighted by atomic mass is 10.0. The third-order valence-electron chi connectivity index (χ3n) is 3.39. The Morgan fingerprint density at radius 2 is 2.05 bits per heavy atom. The van der Waals surface area contributed by atoms with E-state index in [9.17, 15) is 9.90 Å². The molecule has 1 aromatic heterocycles. The van der Waals surface area contributed by atoms with Crippen molar-refractivity contribution in [1.82, 2.24) is 4.98 Å². The maximum Gasteiger partial charge on any atom is 0.248 e. The highest BCUT2D eigenvalue weighted by atomic mass is 16.5. The van der Waals surface area contributed by atoms with Crippen LogP contribution in [0, 0.1) is 0 Å². The molecule has 1 atom stereocenters. The molecule has 0 saturated heterocycles. The van der Waals surface area contributed by atoms with Crippen molar-refractivity contribution in [3.8, 4) is 5.75 Å². The van der Waals surface area contributed by atoms with Gasteiger partial charge in [0, 0.05) is 11.5 Å². The Morgan fingerprint density at radius 1 is 1.25 bits per heavy atom. The number of H-pyrrole nitrogens is 1. The lowest BCUT2D eigenvalue weighted by Gasteiger charge is -2.15. The predicted octanol–water partition coefficient (Wildman–Crippen LogP) is 3.15. The number of aromatic nitrogens is 1. The molecule has 0 aliphatic heterocycles. The van der Waals surface area contributed by atoms with E-state index in [4.69, 9.17) is 4.74 Å². The van der Waals surface area contributed by atoms with E-state index in [0.717, 1.165) is 23.8 Å². The average Bonchev–Trinajstić information content (AvgIpc) is 2.46. The van der Waals surface area contributed by atoms with Gasteiger partial charge in [-0.05, 0) is 30.5 Å². The monoisotopic (exact) mass is 275 g/mol. The molecule has 0 amide bonds. The Labute approximate surface area is 118 Å². The second-order valence-electron chi connectivity index (χ2n) is 4.89. The van der Waals surface area contributed by atoms with Gasteiger partial charge in [-0.2, -0.15) is 0 Å². The normalized spacial score (nSPS) is 12.6. The topological polar surface area (TPSA) is 62.3 Å². The Balaban J connectivity index is 2.50. The Hall–Kier alpha value is -1.81. The summed E-state index contributed by atoms with van der Waals surface area (Å²) in [4.78, 5) is 14.4. The molecule has 0 aliphatic carbocycles. The molecule has 1 heterocycles. The zero-order valence-electron chi connectivity index (χ0n) is 12.0. The Bertz CT molecular complexity index is 633. The van der Waals surface area contributed by atoms with Crippen molar-refractivity contribution in [3.63, 3.8) is 0 Å². The number of nitrogens with one attached hydrogen (secondary N) is 1. The number of rotatable bonds is 6. The van der Waals surface area contributed by atoms with Crippen LogP contribution < -0.4 is 10.3 Å². The lowest BCUT2D eigenvalue weighted by Crippen LogP contribution is -2.07. The first-order valence-corrected chi connectivity index (χ1v) is 7.14. The summed E-state index contributed by atoms with van der Waals surface area (Å²) < 4.78 is 5.73. The van der Waals surface area contributed by atoms with Crippen LogP contribution in [0.5, 0.6) is 5.75 Å². The van der Waals surface area contributed by atoms with E-state index in [1.807, 2.05) is 19.1 Å². The quantitative estimate of drug-likeness (QED) is 0.796. The molecule has 0 spiro atoms. The van der Waals surface area contributed by atoms with E-state index in [1.165, 1.54) is 6.07 Å². The first-order valence-electron chi connectivity index (χ1n) is 7.14. The molecule has 0 unspecified atom stereocenters. The third-order valence-corrected chi connectivity index (χ3v) is 3.39. The van der Waals surface area contributed by atoms with Crippen molar-refractivity contribution in [3.05, 3.63) is 40.2 Å². The van der Waals surface area contributed by atoms with Gasteiger partial charge >= 0.3 is 0 Å². The number of ether oxygens (including phenoxy) is 1. The number of aromatic amines is 1. The SMILES string of the molecule is CCCCOc1ccc([C@@H](O)CC)c2ccc(=O)[nH]c12. The summed E-state index contributed by atoms with van der Waals surface area (Å²) in [6.07, 6.45) is 2.12. The first kappa shape index (κ1) is 14.6. The third kappa shape index (κ3) is 3.02. The maximum absolute atomic E-state index is 11.5. The van der Waals surface area contributed by atoms with E-state index < -0.39 is 6.10 Å². The van der Waals surface area contributed by atoms with Crippen LogP contribution in [0.4, 0.5) is 0 Å². The molecule has 1 aromatic carbocycles. The van der Waals surface area contributed by atoms with Gasteiger partial charge in [-0.15, -0.1) is 0 Å². The van der Waals surface area contributed by atoms with E-state index >= 15 is 0 Å². The fourth-order valence-corrected chi connectivity index (χ4v) is 2.21. The van der Waals surface area contributed by atoms with E-state index in [-0.39, 0.29) is 5.56 Å². The highest BCUT2D eigenvalue weighted by Gasteiger charge is 2.13. The van der Waals surface area contributed by atoms with Crippen LogP contribution >= 0.6 is 0 Å². The van der Waals surface area contributed by atoms with Crippen molar-refractivity contribution in [2.45, 2.75) is 39.2 Å². The maximum atomic E-state index is 11.5. The molecular formula is C16H21NO3. The summed E-state index contributed by atoms with van der Waals surface area (Å²) in [5, 5.41) is 10.9. The zero-order valence-corrected chi connectivity index (χ0v) is 12.0. The number of fused-ring (bicyclic) bond motifs is 1. The van der Waals surface area contributed by atoms with Crippen molar-refractivity contribution in [1.29, 1.82) is 0 Å².